The van der Waals surface area contributed by atoms with Crippen molar-refractivity contribution < 1.29 is 22.8 Å². The molecule has 0 aliphatic carbocycles. The number of nitrogens with zero attached hydrogens (tertiary/aromatic N) is 2. The number of rotatable bonds is 5. The fraction of sp³-hybridized carbons (Fsp3) is 0.632. The predicted octanol–water partition coefficient (Wildman–Crippen LogP) is -0.566. The third-order valence-corrected chi connectivity index (χ3v) is 7.67. The summed E-state index contributed by atoms with van der Waals surface area (Å²) in [4.78, 5) is 18.1. The van der Waals surface area contributed by atoms with Crippen molar-refractivity contribution in [3.05, 3.63) is 24.3 Å². The maximum absolute atomic E-state index is 12.9. The molecule has 2 aliphatic rings. The number of ether oxygens (including phenoxy) is 1. The number of nitrogens with one attached hydrogen (secondary N) is 1. The molecule has 0 aromatic heterocycles. The predicted molar refractivity (Wildman–Crippen MR) is 105 cm³/mol. The van der Waals surface area contributed by atoms with E-state index in [9.17, 15) is 13.2 Å². The highest BCUT2D eigenvalue weighted by atomic mass is 32.2. The lowest BCUT2D eigenvalue weighted by Gasteiger charge is -2.38. The zero-order valence-corrected chi connectivity index (χ0v) is 17.2. The standard InChI is InChI=1S/C19H29N3O4S/c1-15(19(23)20(2)16-8-13-27(24,25)14-16)21-9-11-22(12-10-21)17-6-4-5-7-18(17)26-3/h4-7,15-16H,8-14H2,1-3H3/p+1/t15-,16-/m0/s1. The Bertz CT molecular complexity index is 775. The summed E-state index contributed by atoms with van der Waals surface area (Å²) in [6.07, 6.45) is 0.550. The average Bonchev–Trinajstić information content (AvgIpc) is 3.06. The molecule has 150 valence electrons. The second-order valence-corrected chi connectivity index (χ2v) is 9.77. The molecule has 1 aromatic rings. The molecule has 2 fully saturated rings. The maximum atomic E-state index is 12.9. The number of methoxy groups -OCH3 is 1. The normalized spacial score (nSPS) is 23.8. The minimum atomic E-state index is -2.99. The molecule has 2 aliphatic heterocycles. The molecule has 8 heteroatoms. The van der Waals surface area contributed by atoms with E-state index in [-0.39, 0.29) is 29.5 Å². The van der Waals surface area contributed by atoms with Gasteiger partial charge in [-0.25, -0.2) is 8.42 Å². The van der Waals surface area contributed by atoms with E-state index in [2.05, 4.69) is 11.0 Å². The van der Waals surface area contributed by atoms with Gasteiger partial charge in [-0.05, 0) is 25.5 Å². The highest BCUT2D eigenvalue weighted by Crippen LogP contribution is 2.27. The van der Waals surface area contributed by atoms with Gasteiger partial charge in [0.05, 0.1) is 50.5 Å². The van der Waals surface area contributed by atoms with Crippen LogP contribution in [-0.4, -0.2) is 83.2 Å². The molecule has 0 bridgehead atoms. The smallest absolute Gasteiger partial charge is 0.280 e. The molecular formula is C19H30N3O4S+. The Morgan fingerprint density at radius 2 is 1.96 bits per heavy atom. The lowest BCUT2D eigenvalue weighted by atomic mass is 10.1. The molecule has 2 heterocycles. The van der Waals surface area contributed by atoms with Crippen LogP contribution in [0.2, 0.25) is 0 Å². The average molecular weight is 397 g/mol. The van der Waals surface area contributed by atoms with E-state index in [1.165, 1.54) is 4.90 Å². The number of para-hydroxylation sites is 2. The van der Waals surface area contributed by atoms with Gasteiger partial charge < -0.3 is 19.4 Å². The first-order valence-corrected chi connectivity index (χ1v) is 11.3. The second kappa shape index (κ2) is 8.06. The first-order chi connectivity index (χ1) is 12.8. The number of carbonyl (C=O) groups is 1. The van der Waals surface area contributed by atoms with Crippen molar-refractivity contribution in [1.29, 1.82) is 0 Å². The van der Waals surface area contributed by atoms with E-state index in [0.29, 0.717) is 6.42 Å². The van der Waals surface area contributed by atoms with Crippen LogP contribution in [0.4, 0.5) is 5.69 Å². The van der Waals surface area contributed by atoms with Gasteiger partial charge in [0.25, 0.3) is 5.91 Å². The SMILES string of the molecule is COc1ccccc1N1CC[NH+]([C@@H](C)C(=O)N(C)[C@H]2CCS(=O)(=O)C2)CC1. The van der Waals surface area contributed by atoms with Crippen LogP contribution in [-0.2, 0) is 14.6 Å². The molecule has 2 atom stereocenters. The van der Waals surface area contributed by atoms with Crippen LogP contribution in [0.5, 0.6) is 5.75 Å². The monoisotopic (exact) mass is 396 g/mol. The number of piperazine rings is 1. The van der Waals surface area contributed by atoms with Crippen LogP contribution < -0.4 is 14.5 Å². The van der Waals surface area contributed by atoms with Crippen LogP contribution in [0.3, 0.4) is 0 Å². The molecule has 1 amide bonds. The van der Waals surface area contributed by atoms with Crippen molar-refractivity contribution in [3.63, 3.8) is 0 Å². The Morgan fingerprint density at radius 3 is 2.56 bits per heavy atom. The van der Waals surface area contributed by atoms with Crippen molar-refractivity contribution in [2.75, 3.05) is 56.7 Å². The fourth-order valence-corrected chi connectivity index (χ4v) is 5.87. The Labute approximate surface area is 161 Å². The molecule has 1 aromatic carbocycles. The minimum Gasteiger partial charge on any atom is -0.495 e. The lowest BCUT2D eigenvalue weighted by Crippen LogP contribution is -3.19. The van der Waals surface area contributed by atoms with E-state index < -0.39 is 9.84 Å². The van der Waals surface area contributed by atoms with Crippen molar-refractivity contribution in [3.8, 4) is 5.75 Å². The highest BCUT2D eigenvalue weighted by Gasteiger charge is 2.37. The van der Waals surface area contributed by atoms with Gasteiger partial charge in [-0.1, -0.05) is 12.1 Å². The Morgan fingerprint density at radius 1 is 1.30 bits per heavy atom. The Balaban J connectivity index is 1.58. The number of likely N-dealkylation sites (N-methyl/N-ethyl adjacent to an activating group) is 1. The third-order valence-electron chi connectivity index (χ3n) is 5.92. The third kappa shape index (κ3) is 4.38. The molecule has 27 heavy (non-hydrogen) atoms. The van der Waals surface area contributed by atoms with Crippen LogP contribution >= 0.6 is 0 Å². The largest absolute Gasteiger partial charge is 0.495 e. The summed E-state index contributed by atoms with van der Waals surface area (Å²) in [5, 5.41) is 0. The summed E-state index contributed by atoms with van der Waals surface area (Å²) in [5.41, 5.74) is 1.09. The van der Waals surface area contributed by atoms with Gasteiger partial charge in [0.15, 0.2) is 15.9 Å². The Kier molecular flexibility index (Phi) is 5.95. The van der Waals surface area contributed by atoms with Gasteiger partial charge in [-0.2, -0.15) is 0 Å². The van der Waals surface area contributed by atoms with Crippen LogP contribution in [0, 0.1) is 0 Å². The summed E-state index contributed by atoms with van der Waals surface area (Å²) in [6, 6.07) is 7.65. The van der Waals surface area contributed by atoms with E-state index in [4.69, 9.17) is 4.74 Å². The van der Waals surface area contributed by atoms with Crippen molar-refractivity contribution in [2.45, 2.75) is 25.4 Å². The Hall–Kier alpha value is -1.80. The second-order valence-electron chi connectivity index (χ2n) is 7.54. The van der Waals surface area contributed by atoms with Crippen LogP contribution in [0.1, 0.15) is 13.3 Å². The highest BCUT2D eigenvalue weighted by molar-refractivity contribution is 7.91. The van der Waals surface area contributed by atoms with Gasteiger partial charge in [-0.15, -0.1) is 0 Å². The number of carbonyl (C=O) groups excluding carboxylic acids is 1. The number of hydrogen-bond acceptors (Lipinski definition) is 5. The van der Waals surface area contributed by atoms with Gasteiger partial charge in [-0.3, -0.25) is 4.79 Å². The van der Waals surface area contributed by atoms with Gasteiger partial charge in [0.1, 0.15) is 5.75 Å². The lowest BCUT2D eigenvalue weighted by molar-refractivity contribution is -0.915. The number of amides is 1. The van der Waals surface area contributed by atoms with Crippen LogP contribution in [0.25, 0.3) is 0 Å². The van der Waals surface area contributed by atoms with Gasteiger partial charge in [0.2, 0.25) is 0 Å². The molecule has 3 rings (SSSR count). The van der Waals surface area contributed by atoms with Crippen molar-refractivity contribution >= 4 is 21.4 Å². The summed E-state index contributed by atoms with van der Waals surface area (Å²) in [7, 11) is 0.437. The molecular weight excluding hydrogens is 366 g/mol. The first-order valence-electron chi connectivity index (χ1n) is 9.52. The zero-order valence-electron chi connectivity index (χ0n) is 16.3. The van der Waals surface area contributed by atoms with E-state index in [1.807, 2.05) is 25.1 Å². The summed E-state index contributed by atoms with van der Waals surface area (Å²) in [6.45, 7) is 5.39. The minimum absolute atomic E-state index is 0.0397. The molecule has 0 saturated carbocycles. The quantitative estimate of drug-likeness (QED) is 0.722. The maximum Gasteiger partial charge on any atom is 0.280 e. The number of benzene rings is 1. The summed E-state index contributed by atoms with van der Waals surface area (Å²) in [5.74, 6) is 1.19. The topological polar surface area (TPSA) is 71.4 Å². The van der Waals surface area contributed by atoms with Gasteiger partial charge in [0, 0.05) is 13.1 Å². The summed E-state index contributed by atoms with van der Waals surface area (Å²) >= 11 is 0. The van der Waals surface area contributed by atoms with E-state index >= 15 is 0 Å². The van der Waals surface area contributed by atoms with Gasteiger partial charge >= 0.3 is 0 Å². The fourth-order valence-electron chi connectivity index (χ4n) is 4.10. The summed E-state index contributed by atoms with van der Waals surface area (Å²) < 4.78 is 28.9. The molecule has 0 radical (unpaired) electrons. The van der Waals surface area contributed by atoms with Crippen LogP contribution in [0.15, 0.2) is 24.3 Å². The number of sulfone groups is 1. The number of quaternary nitrogens is 1. The van der Waals surface area contributed by atoms with Crippen molar-refractivity contribution in [1.82, 2.24) is 4.90 Å². The first kappa shape index (κ1) is 19.9. The molecule has 0 spiro atoms. The zero-order chi connectivity index (χ0) is 19.6. The van der Waals surface area contributed by atoms with E-state index in [1.54, 1.807) is 19.1 Å². The molecule has 7 nitrogen and oxygen atoms in total. The van der Waals surface area contributed by atoms with E-state index in [0.717, 1.165) is 37.6 Å². The number of anilines is 1. The molecule has 1 N–H and O–H groups in total. The molecule has 0 unspecified atom stereocenters. The molecule has 2 saturated heterocycles. The number of hydrogen-bond donors (Lipinski definition) is 1. The van der Waals surface area contributed by atoms with Crippen molar-refractivity contribution in [2.24, 2.45) is 0 Å².